The fourth-order valence-electron chi connectivity index (χ4n) is 2.31. The van der Waals surface area contributed by atoms with Crippen LogP contribution in [0.4, 0.5) is 5.95 Å². The lowest BCUT2D eigenvalue weighted by atomic mass is 10.2. The summed E-state index contributed by atoms with van der Waals surface area (Å²) in [5, 5.41) is 7.29. The lowest BCUT2D eigenvalue weighted by Gasteiger charge is -2.25. The van der Waals surface area contributed by atoms with Gasteiger partial charge in [0.2, 0.25) is 5.95 Å². The van der Waals surface area contributed by atoms with Crippen LogP contribution in [0.3, 0.4) is 0 Å². The third-order valence-corrected chi connectivity index (χ3v) is 3.58. The first-order valence-electron chi connectivity index (χ1n) is 6.67. The average molecular weight is 270 g/mol. The molecule has 18 heavy (non-hydrogen) atoms. The summed E-state index contributed by atoms with van der Waals surface area (Å²) in [6, 6.07) is 0.315. The van der Waals surface area contributed by atoms with Crippen LogP contribution in [0.15, 0.2) is 0 Å². The van der Waals surface area contributed by atoms with Crippen LogP contribution in [-0.2, 0) is 4.74 Å². The zero-order chi connectivity index (χ0) is 13.1. The van der Waals surface area contributed by atoms with E-state index in [1.807, 2.05) is 0 Å². The lowest BCUT2D eigenvalue weighted by Crippen LogP contribution is -2.33. The van der Waals surface area contributed by atoms with Crippen LogP contribution in [0.25, 0.3) is 0 Å². The van der Waals surface area contributed by atoms with E-state index in [-0.39, 0.29) is 0 Å². The number of ether oxygens (including phenoxy) is 1. The Morgan fingerprint density at radius 2 is 2.33 bits per heavy atom. The molecule has 1 atom stereocenters. The molecule has 102 valence electrons. The minimum absolute atomic E-state index is 0.290. The van der Waals surface area contributed by atoms with Crippen molar-refractivity contribution in [3.8, 4) is 0 Å². The maximum absolute atomic E-state index is 5.80. The minimum Gasteiger partial charge on any atom is -0.376 e. The summed E-state index contributed by atoms with van der Waals surface area (Å²) in [4.78, 5) is 2.29. The number of rotatable bonds is 3. The van der Waals surface area contributed by atoms with Crippen molar-refractivity contribution in [2.45, 2.75) is 45.8 Å². The Kier molecular flexibility index (Phi) is 4.40. The van der Waals surface area contributed by atoms with E-state index in [2.05, 4.69) is 40.4 Å². The highest BCUT2D eigenvalue weighted by atomic mass is 32.1. The summed E-state index contributed by atoms with van der Waals surface area (Å²) in [5.41, 5.74) is 0. The predicted molar refractivity (Wildman–Crippen MR) is 74.7 cm³/mol. The first-order chi connectivity index (χ1) is 8.63. The van der Waals surface area contributed by atoms with E-state index in [4.69, 9.17) is 17.0 Å². The van der Waals surface area contributed by atoms with Gasteiger partial charge in [0, 0.05) is 25.7 Å². The number of nitrogens with zero attached hydrogens (tertiary/aromatic N) is 3. The quantitative estimate of drug-likeness (QED) is 0.857. The van der Waals surface area contributed by atoms with Gasteiger partial charge in [-0.2, -0.15) is 0 Å². The zero-order valence-corrected chi connectivity index (χ0v) is 12.2. The Hall–Kier alpha value is -0.880. The normalized spacial score (nSPS) is 21.3. The van der Waals surface area contributed by atoms with Gasteiger partial charge in [-0.15, -0.1) is 5.10 Å². The van der Waals surface area contributed by atoms with Crippen LogP contribution in [0.2, 0.25) is 0 Å². The maximum Gasteiger partial charge on any atom is 0.226 e. The Labute approximate surface area is 113 Å². The summed E-state index contributed by atoms with van der Waals surface area (Å²) in [5.74, 6) is 0.943. The minimum atomic E-state index is 0.290. The molecule has 2 rings (SSSR count). The molecule has 0 saturated carbocycles. The summed E-state index contributed by atoms with van der Waals surface area (Å²) < 4.78 is 8.57. The molecular formula is C12H22N4OS. The molecule has 0 bridgehead atoms. The molecule has 0 aromatic carbocycles. The molecule has 1 saturated heterocycles. The molecular weight excluding hydrogens is 248 g/mol. The molecule has 1 N–H and O–H groups in total. The largest absolute Gasteiger partial charge is 0.376 e. The second-order valence-electron chi connectivity index (χ2n) is 4.99. The molecule has 1 aliphatic heterocycles. The highest BCUT2D eigenvalue weighted by Gasteiger charge is 2.22. The van der Waals surface area contributed by atoms with Crippen molar-refractivity contribution in [2.75, 3.05) is 24.6 Å². The number of anilines is 1. The van der Waals surface area contributed by atoms with Gasteiger partial charge < -0.3 is 9.64 Å². The van der Waals surface area contributed by atoms with E-state index >= 15 is 0 Å². The molecule has 1 aromatic rings. The van der Waals surface area contributed by atoms with Crippen LogP contribution in [0, 0.1) is 4.77 Å². The van der Waals surface area contributed by atoms with Gasteiger partial charge in [0.15, 0.2) is 4.77 Å². The first-order valence-corrected chi connectivity index (χ1v) is 7.07. The molecule has 1 fully saturated rings. The highest BCUT2D eigenvalue weighted by molar-refractivity contribution is 7.71. The van der Waals surface area contributed by atoms with E-state index in [0.717, 1.165) is 38.5 Å². The Morgan fingerprint density at radius 1 is 1.56 bits per heavy atom. The van der Waals surface area contributed by atoms with E-state index in [0.29, 0.717) is 16.9 Å². The van der Waals surface area contributed by atoms with Gasteiger partial charge >= 0.3 is 0 Å². The van der Waals surface area contributed by atoms with Crippen LogP contribution in [-0.4, -0.2) is 40.6 Å². The zero-order valence-electron chi connectivity index (χ0n) is 11.3. The summed E-state index contributed by atoms with van der Waals surface area (Å²) >= 11 is 5.30. The van der Waals surface area contributed by atoms with Gasteiger partial charge in [0.25, 0.3) is 0 Å². The van der Waals surface area contributed by atoms with Crippen molar-refractivity contribution in [3.63, 3.8) is 0 Å². The molecule has 1 aromatic heterocycles. The van der Waals surface area contributed by atoms with Crippen molar-refractivity contribution in [2.24, 2.45) is 0 Å². The maximum atomic E-state index is 5.80. The van der Waals surface area contributed by atoms with Crippen LogP contribution in [0.5, 0.6) is 0 Å². The topological polar surface area (TPSA) is 46.1 Å². The van der Waals surface area contributed by atoms with Gasteiger partial charge in [-0.05, 0) is 38.9 Å². The van der Waals surface area contributed by atoms with E-state index in [9.17, 15) is 0 Å². The number of H-pyrrole nitrogens is 1. The van der Waals surface area contributed by atoms with Crippen LogP contribution < -0.4 is 4.90 Å². The van der Waals surface area contributed by atoms with Crippen molar-refractivity contribution in [1.82, 2.24) is 14.8 Å². The predicted octanol–water partition coefficient (Wildman–Crippen LogP) is 2.53. The second kappa shape index (κ2) is 5.84. The number of aromatic amines is 1. The number of hydrogen-bond acceptors (Lipinski definition) is 4. The Balaban J connectivity index is 2.26. The van der Waals surface area contributed by atoms with Gasteiger partial charge in [-0.25, -0.2) is 5.10 Å². The smallest absolute Gasteiger partial charge is 0.226 e. The molecule has 5 nitrogen and oxygen atoms in total. The molecule has 0 amide bonds. The molecule has 0 radical (unpaired) electrons. The molecule has 0 spiro atoms. The monoisotopic (exact) mass is 270 g/mol. The third kappa shape index (κ3) is 2.75. The van der Waals surface area contributed by atoms with Crippen LogP contribution in [0.1, 0.15) is 39.7 Å². The Morgan fingerprint density at radius 3 is 3.00 bits per heavy atom. The molecule has 1 aliphatic rings. The SMILES string of the molecule is CCC1CN(c2n[nH]c(=S)n2C(C)C)CCCO1. The van der Waals surface area contributed by atoms with Crippen molar-refractivity contribution >= 4 is 18.2 Å². The van der Waals surface area contributed by atoms with Gasteiger partial charge in [-0.1, -0.05) is 6.92 Å². The molecule has 1 unspecified atom stereocenters. The second-order valence-corrected chi connectivity index (χ2v) is 5.38. The van der Waals surface area contributed by atoms with E-state index in [1.165, 1.54) is 0 Å². The van der Waals surface area contributed by atoms with Gasteiger partial charge in [0.1, 0.15) is 0 Å². The summed E-state index contributed by atoms with van der Waals surface area (Å²) in [7, 11) is 0. The van der Waals surface area contributed by atoms with E-state index in [1.54, 1.807) is 0 Å². The summed E-state index contributed by atoms with van der Waals surface area (Å²) in [6.45, 7) is 9.11. The number of aromatic nitrogens is 3. The van der Waals surface area contributed by atoms with Gasteiger partial charge in [0.05, 0.1) is 6.10 Å². The molecule has 2 heterocycles. The van der Waals surface area contributed by atoms with Gasteiger partial charge in [-0.3, -0.25) is 4.57 Å². The van der Waals surface area contributed by atoms with Crippen molar-refractivity contribution in [1.29, 1.82) is 0 Å². The molecule has 0 aliphatic carbocycles. The summed E-state index contributed by atoms with van der Waals surface area (Å²) in [6.07, 6.45) is 2.36. The average Bonchev–Trinajstić information content (AvgIpc) is 2.60. The van der Waals surface area contributed by atoms with Crippen LogP contribution >= 0.6 is 12.2 Å². The first kappa shape index (κ1) is 13.5. The Bertz CT molecular complexity index is 440. The van der Waals surface area contributed by atoms with E-state index < -0.39 is 0 Å². The lowest BCUT2D eigenvalue weighted by molar-refractivity contribution is 0.0663. The van der Waals surface area contributed by atoms with Crippen molar-refractivity contribution in [3.05, 3.63) is 4.77 Å². The van der Waals surface area contributed by atoms with Crippen molar-refractivity contribution < 1.29 is 4.74 Å². The number of hydrogen-bond donors (Lipinski definition) is 1. The fraction of sp³-hybridized carbons (Fsp3) is 0.833. The molecule has 6 heteroatoms. The fourth-order valence-corrected chi connectivity index (χ4v) is 2.65. The third-order valence-electron chi connectivity index (χ3n) is 3.29. The number of nitrogens with one attached hydrogen (secondary N) is 1. The standard InChI is InChI=1S/C12H22N4OS/c1-4-10-8-15(6-5-7-17-10)11-13-14-12(18)16(11)9(2)3/h9-10H,4-8H2,1-3H3,(H,14,18). The highest BCUT2D eigenvalue weighted by Crippen LogP contribution is 2.20.